The number of rotatable bonds is 4. The lowest BCUT2D eigenvalue weighted by Gasteiger charge is -2.01. The molecular weight excluding hydrogens is 322 g/mol. The van der Waals surface area contributed by atoms with Crippen LogP contribution in [0.4, 0.5) is 5.00 Å². The Hall–Kier alpha value is -1.57. The monoisotopic (exact) mass is 335 g/mol. The van der Waals surface area contributed by atoms with Gasteiger partial charge in [0.05, 0.1) is 22.8 Å². The molecule has 1 N–H and O–H groups in total. The van der Waals surface area contributed by atoms with Crippen molar-refractivity contribution in [3.8, 4) is 10.6 Å². The number of nitrogens with one attached hydrogen (secondary N) is 1. The molecule has 21 heavy (non-hydrogen) atoms. The Labute approximate surface area is 134 Å². The van der Waals surface area contributed by atoms with Gasteiger partial charge in [-0.15, -0.1) is 22.7 Å². The minimum atomic E-state index is -0.0519. The average Bonchev–Trinajstić information content (AvgIpc) is 3.11. The van der Waals surface area contributed by atoms with Gasteiger partial charge in [-0.05, 0) is 25.3 Å². The molecule has 0 aliphatic heterocycles. The van der Waals surface area contributed by atoms with Crippen LogP contribution >= 0.6 is 34.0 Å². The van der Waals surface area contributed by atoms with Gasteiger partial charge in [-0.3, -0.25) is 4.79 Å². The van der Waals surface area contributed by atoms with Crippen LogP contribution in [0.1, 0.15) is 16.4 Å². The van der Waals surface area contributed by atoms with Gasteiger partial charge in [-0.1, -0.05) is 0 Å². The molecule has 3 aromatic rings. The van der Waals surface area contributed by atoms with Crippen LogP contribution in [-0.2, 0) is 11.2 Å². The Kier molecular flexibility index (Phi) is 4.14. The minimum absolute atomic E-state index is 0.0519. The van der Waals surface area contributed by atoms with Gasteiger partial charge in [-0.25, -0.2) is 9.97 Å². The fraction of sp³-hybridized carbons (Fsp3) is 0.214. The predicted molar refractivity (Wildman–Crippen MR) is 89.3 cm³/mol. The molecule has 0 aromatic carbocycles. The smallest absolute Gasteiger partial charge is 0.231 e. The van der Waals surface area contributed by atoms with Gasteiger partial charge in [0, 0.05) is 16.3 Å². The van der Waals surface area contributed by atoms with E-state index in [0.717, 1.165) is 32.0 Å². The Balaban J connectivity index is 1.66. The first-order valence-electron chi connectivity index (χ1n) is 6.32. The maximum absolute atomic E-state index is 12.1. The summed E-state index contributed by atoms with van der Waals surface area (Å²) in [5.41, 5.74) is 2.78. The van der Waals surface area contributed by atoms with Crippen molar-refractivity contribution >= 4 is 44.9 Å². The van der Waals surface area contributed by atoms with Gasteiger partial charge in [-0.2, -0.15) is 11.3 Å². The van der Waals surface area contributed by atoms with Crippen molar-refractivity contribution in [2.45, 2.75) is 20.3 Å². The minimum Gasteiger partial charge on any atom is -0.316 e. The second-order valence-electron chi connectivity index (χ2n) is 4.53. The SMILES string of the molecule is Cc1nc(C)c(NC(=O)Cc2csc(-c3ccsc3)n2)s1. The zero-order valence-corrected chi connectivity index (χ0v) is 14.0. The third-order valence-corrected chi connectivity index (χ3v) is 5.43. The summed E-state index contributed by atoms with van der Waals surface area (Å²) in [6.07, 6.45) is 0.289. The molecule has 0 spiro atoms. The highest BCUT2D eigenvalue weighted by molar-refractivity contribution is 7.16. The molecule has 1 amide bonds. The van der Waals surface area contributed by atoms with Gasteiger partial charge in [0.25, 0.3) is 0 Å². The summed E-state index contributed by atoms with van der Waals surface area (Å²) in [4.78, 5) is 20.9. The molecule has 0 radical (unpaired) electrons. The second kappa shape index (κ2) is 6.05. The molecule has 0 bridgehead atoms. The second-order valence-corrected chi connectivity index (χ2v) is 7.37. The van der Waals surface area contributed by atoms with Crippen molar-refractivity contribution < 1.29 is 4.79 Å². The molecule has 3 heterocycles. The van der Waals surface area contributed by atoms with E-state index in [1.54, 1.807) is 22.7 Å². The van der Waals surface area contributed by atoms with Gasteiger partial charge < -0.3 is 5.32 Å². The summed E-state index contributed by atoms with van der Waals surface area (Å²) >= 11 is 4.71. The quantitative estimate of drug-likeness (QED) is 0.780. The van der Waals surface area contributed by atoms with Gasteiger partial charge in [0.2, 0.25) is 5.91 Å². The van der Waals surface area contributed by atoms with E-state index >= 15 is 0 Å². The first kappa shape index (κ1) is 14.4. The van der Waals surface area contributed by atoms with Crippen LogP contribution < -0.4 is 5.32 Å². The first-order valence-corrected chi connectivity index (χ1v) is 8.96. The highest BCUT2D eigenvalue weighted by Crippen LogP contribution is 2.26. The molecule has 108 valence electrons. The van der Waals surface area contributed by atoms with Gasteiger partial charge in [0.15, 0.2) is 0 Å². The summed E-state index contributed by atoms with van der Waals surface area (Å²) in [5.74, 6) is -0.0519. The van der Waals surface area contributed by atoms with Crippen LogP contribution in [0.2, 0.25) is 0 Å². The number of hydrogen-bond donors (Lipinski definition) is 1. The molecule has 7 heteroatoms. The van der Waals surface area contributed by atoms with Crippen LogP contribution in [-0.4, -0.2) is 15.9 Å². The number of hydrogen-bond acceptors (Lipinski definition) is 6. The number of thiophene rings is 1. The number of carbonyl (C=O) groups excluding carboxylic acids is 1. The first-order chi connectivity index (χ1) is 10.1. The number of carbonyl (C=O) groups is 1. The van der Waals surface area contributed by atoms with Crippen molar-refractivity contribution in [3.63, 3.8) is 0 Å². The van der Waals surface area contributed by atoms with E-state index in [1.165, 1.54) is 11.3 Å². The van der Waals surface area contributed by atoms with Crippen molar-refractivity contribution in [2.75, 3.05) is 5.32 Å². The summed E-state index contributed by atoms with van der Waals surface area (Å²) in [5, 5.41) is 11.7. The highest BCUT2D eigenvalue weighted by Gasteiger charge is 2.12. The van der Waals surface area contributed by atoms with E-state index in [0.29, 0.717) is 0 Å². The van der Waals surface area contributed by atoms with Gasteiger partial charge in [0.1, 0.15) is 10.0 Å². The lowest BCUT2D eigenvalue weighted by molar-refractivity contribution is -0.115. The van der Waals surface area contributed by atoms with E-state index in [4.69, 9.17) is 0 Å². The zero-order valence-electron chi connectivity index (χ0n) is 11.5. The maximum Gasteiger partial charge on any atom is 0.231 e. The Morgan fingerprint density at radius 3 is 2.81 bits per heavy atom. The summed E-state index contributed by atoms with van der Waals surface area (Å²) < 4.78 is 0. The molecule has 3 aromatic heterocycles. The predicted octanol–water partition coefficient (Wildman–Crippen LogP) is 4.13. The number of aromatic nitrogens is 2. The van der Waals surface area contributed by atoms with E-state index in [9.17, 15) is 4.79 Å². The van der Waals surface area contributed by atoms with Crippen LogP contribution in [0.5, 0.6) is 0 Å². The number of amides is 1. The molecule has 0 atom stereocenters. The topological polar surface area (TPSA) is 54.9 Å². The summed E-state index contributed by atoms with van der Waals surface area (Å²) in [6.45, 7) is 3.83. The molecule has 0 aliphatic carbocycles. The highest BCUT2D eigenvalue weighted by atomic mass is 32.1. The fourth-order valence-corrected chi connectivity index (χ4v) is 4.26. The molecule has 0 fully saturated rings. The third-order valence-electron chi connectivity index (χ3n) is 2.82. The van der Waals surface area contributed by atoms with Crippen molar-refractivity contribution in [3.05, 3.63) is 38.6 Å². The standard InChI is InChI=1S/C14H13N3OS3/c1-8-13(21-9(2)15-8)17-12(18)5-11-7-20-14(16-11)10-3-4-19-6-10/h3-4,6-7H,5H2,1-2H3,(H,17,18). The van der Waals surface area contributed by atoms with Crippen LogP contribution in [0.3, 0.4) is 0 Å². The lowest BCUT2D eigenvalue weighted by Crippen LogP contribution is -2.14. The number of anilines is 1. The molecule has 4 nitrogen and oxygen atoms in total. The van der Waals surface area contributed by atoms with Gasteiger partial charge >= 0.3 is 0 Å². The molecule has 3 rings (SSSR count). The molecule has 0 saturated heterocycles. The molecule has 0 aliphatic rings. The fourth-order valence-electron chi connectivity index (χ4n) is 1.89. The normalized spacial score (nSPS) is 10.8. The van der Waals surface area contributed by atoms with E-state index in [1.807, 2.05) is 30.7 Å². The number of thiazole rings is 2. The zero-order chi connectivity index (χ0) is 14.8. The number of aryl methyl sites for hydroxylation is 2. The van der Waals surface area contributed by atoms with Crippen LogP contribution in [0, 0.1) is 13.8 Å². The summed E-state index contributed by atoms with van der Waals surface area (Å²) in [7, 11) is 0. The molecular formula is C14H13N3OS3. The summed E-state index contributed by atoms with van der Waals surface area (Å²) in [6, 6.07) is 2.04. The maximum atomic E-state index is 12.1. The van der Waals surface area contributed by atoms with E-state index < -0.39 is 0 Å². The van der Waals surface area contributed by atoms with Crippen LogP contribution in [0.25, 0.3) is 10.6 Å². The van der Waals surface area contributed by atoms with E-state index in [-0.39, 0.29) is 12.3 Å². The van der Waals surface area contributed by atoms with Crippen molar-refractivity contribution in [2.24, 2.45) is 0 Å². The van der Waals surface area contributed by atoms with Crippen LogP contribution in [0.15, 0.2) is 22.2 Å². The lowest BCUT2D eigenvalue weighted by atomic mass is 10.3. The largest absolute Gasteiger partial charge is 0.316 e. The average molecular weight is 335 g/mol. The Morgan fingerprint density at radius 1 is 1.29 bits per heavy atom. The Morgan fingerprint density at radius 2 is 2.14 bits per heavy atom. The van der Waals surface area contributed by atoms with Crippen molar-refractivity contribution in [1.82, 2.24) is 9.97 Å². The third kappa shape index (κ3) is 3.37. The molecule has 0 saturated carbocycles. The number of nitrogens with zero attached hydrogens (tertiary/aromatic N) is 2. The molecule has 0 unspecified atom stereocenters. The Bertz CT molecular complexity index is 758. The van der Waals surface area contributed by atoms with Crippen molar-refractivity contribution in [1.29, 1.82) is 0 Å². The van der Waals surface area contributed by atoms with E-state index in [2.05, 4.69) is 20.7 Å².